The van der Waals surface area contributed by atoms with E-state index in [1.807, 2.05) is 0 Å². The van der Waals surface area contributed by atoms with Gasteiger partial charge in [0.15, 0.2) is 5.78 Å². The van der Waals surface area contributed by atoms with Crippen LogP contribution in [0.15, 0.2) is 30.3 Å². The molecule has 19 heavy (non-hydrogen) atoms. The van der Waals surface area contributed by atoms with Gasteiger partial charge in [-0.3, -0.25) is 4.79 Å². The number of carbonyl (C=O) groups excluding carboxylic acids is 1. The standard InChI is InChI=1S/C16H17ClOS/c1-10(18)14-9-13(17)15(19-14)11-5-7-12(8-6-11)16(2,3)4/h5-9H,1-4H3. The maximum atomic E-state index is 11.4. The largest absolute Gasteiger partial charge is 0.294 e. The van der Waals surface area contributed by atoms with Crippen LogP contribution in [-0.4, -0.2) is 5.78 Å². The fraction of sp³-hybridized carbons (Fsp3) is 0.312. The van der Waals surface area contributed by atoms with Crippen LogP contribution in [0.4, 0.5) is 0 Å². The molecule has 0 aliphatic carbocycles. The predicted octanol–water partition coefficient (Wildman–Crippen LogP) is 5.57. The van der Waals surface area contributed by atoms with Gasteiger partial charge in [-0.05, 0) is 29.5 Å². The van der Waals surface area contributed by atoms with Gasteiger partial charge in [0, 0.05) is 0 Å². The van der Waals surface area contributed by atoms with Gasteiger partial charge in [0.25, 0.3) is 0 Å². The zero-order valence-corrected chi connectivity index (χ0v) is 13.2. The number of rotatable bonds is 2. The van der Waals surface area contributed by atoms with Crippen molar-refractivity contribution in [2.75, 3.05) is 0 Å². The van der Waals surface area contributed by atoms with Crippen LogP contribution in [0.5, 0.6) is 0 Å². The molecule has 2 rings (SSSR count). The molecule has 0 aliphatic heterocycles. The van der Waals surface area contributed by atoms with Crippen molar-refractivity contribution in [1.29, 1.82) is 0 Å². The van der Waals surface area contributed by atoms with Crippen molar-refractivity contribution in [3.8, 4) is 10.4 Å². The Kier molecular flexibility index (Phi) is 3.84. The van der Waals surface area contributed by atoms with Gasteiger partial charge in [-0.25, -0.2) is 0 Å². The van der Waals surface area contributed by atoms with Gasteiger partial charge < -0.3 is 0 Å². The van der Waals surface area contributed by atoms with Crippen molar-refractivity contribution in [1.82, 2.24) is 0 Å². The van der Waals surface area contributed by atoms with E-state index >= 15 is 0 Å². The summed E-state index contributed by atoms with van der Waals surface area (Å²) in [5, 5.41) is 0.652. The summed E-state index contributed by atoms with van der Waals surface area (Å²) in [6.07, 6.45) is 0. The highest BCUT2D eigenvalue weighted by Crippen LogP contribution is 2.37. The molecule has 0 unspecified atom stereocenters. The highest BCUT2D eigenvalue weighted by atomic mass is 35.5. The Morgan fingerprint density at radius 3 is 2.16 bits per heavy atom. The highest BCUT2D eigenvalue weighted by molar-refractivity contribution is 7.18. The second-order valence-electron chi connectivity index (χ2n) is 5.67. The van der Waals surface area contributed by atoms with Gasteiger partial charge in [0.05, 0.1) is 14.8 Å². The van der Waals surface area contributed by atoms with Crippen LogP contribution in [0.25, 0.3) is 10.4 Å². The first kappa shape index (κ1) is 14.3. The van der Waals surface area contributed by atoms with Crippen LogP contribution >= 0.6 is 22.9 Å². The Labute approximate surface area is 123 Å². The molecule has 0 atom stereocenters. The van der Waals surface area contributed by atoms with Crippen LogP contribution in [0.1, 0.15) is 42.9 Å². The minimum Gasteiger partial charge on any atom is -0.294 e. The fourth-order valence-corrected chi connectivity index (χ4v) is 3.21. The molecular formula is C16H17ClOS. The van der Waals surface area contributed by atoms with Gasteiger partial charge in [-0.2, -0.15) is 0 Å². The van der Waals surface area contributed by atoms with Crippen molar-refractivity contribution in [2.45, 2.75) is 33.1 Å². The van der Waals surface area contributed by atoms with Crippen molar-refractivity contribution < 1.29 is 4.79 Å². The van der Waals surface area contributed by atoms with E-state index in [-0.39, 0.29) is 11.2 Å². The molecule has 1 aromatic heterocycles. The molecule has 0 saturated heterocycles. The minimum absolute atomic E-state index is 0.0597. The molecule has 0 bridgehead atoms. The van der Waals surface area contributed by atoms with Gasteiger partial charge in [0.2, 0.25) is 0 Å². The lowest BCUT2D eigenvalue weighted by atomic mass is 9.86. The second kappa shape index (κ2) is 5.10. The zero-order valence-electron chi connectivity index (χ0n) is 11.6. The first-order chi connectivity index (χ1) is 8.79. The van der Waals surface area contributed by atoms with E-state index < -0.39 is 0 Å². The van der Waals surface area contributed by atoms with Gasteiger partial charge in [-0.1, -0.05) is 56.6 Å². The molecule has 0 amide bonds. The number of halogens is 1. The summed E-state index contributed by atoms with van der Waals surface area (Å²) in [6.45, 7) is 8.13. The Morgan fingerprint density at radius 1 is 1.16 bits per heavy atom. The molecule has 0 fully saturated rings. The van der Waals surface area contributed by atoms with E-state index in [2.05, 4.69) is 45.0 Å². The van der Waals surface area contributed by atoms with Gasteiger partial charge >= 0.3 is 0 Å². The first-order valence-corrected chi connectivity index (χ1v) is 7.39. The van der Waals surface area contributed by atoms with Gasteiger partial charge in [-0.15, -0.1) is 11.3 Å². The minimum atomic E-state index is 0.0597. The van der Waals surface area contributed by atoms with E-state index in [0.717, 1.165) is 10.4 Å². The van der Waals surface area contributed by atoms with Crippen LogP contribution in [0, 0.1) is 0 Å². The summed E-state index contributed by atoms with van der Waals surface area (Å²) in [7, 11) is 0. The van der Waals surface area contributed by atoms with E-state index in [1.165, 1.54) is 16.9 Å². The summed E-state index contributed by atoms with van der Waals surface area (Å²) < 4.78 is 0. The van der Waals surface area contributed by atoms with E-state index in [1.54, 1.807) is 13.0 Å². The molecule has 0 spiro atoms. The number of hydrogen-bond acceptors (Lipinski definition) is 2. The van der Waals surface area contributed by atoms with Crippen LogP contribution < -0.4 is 0 Å². The summed E-state index contributed by atoms with van der Waals surface area (Å²) in [4.78, 5) is 13.1. The monoisotopic (exact) mass is 292 g/mol. The molecule has 1 heterocycles. The molecule has 0 N–H and O–H groups in total. The molecule has 0 aliphatic rings. The smallest absolute Gasteiger partial charge is 0.169 e. The molecular weight excluding hydrogens is 276 g/mol. The number of thiophene rings is 1. The normalized spacial score (nSPS) is 11.6. The van der Waals surface area contributed by atoms with Crippen LogP contribution in [-0.2, 0) is 5.41 Å². The molecule has 3 heteroatoms. The topological polar surface area (TPSA) is 17.1 Å². The zero-order chi connectivity index (χ0) is 14.2. The number of hydrogen-bond donors (Lipinski definition) is 0. The molecule has 2 aromatic rings. The Balaban J connectivity index is 2.40. The van der Waals surface area contributed by atoms with E-state index in [9.17, 15) is 4.79 Å². The summed E-state index contributed by atoms with van der Waals surface area (Å²) >= 11 is 7.66. The fourth-order valence-electron chi connectivity index (χ4n) is 1.86. The third-order valence-electron chi connectivity index (χ3n) is 3.05. The number of carbonyl (C=O) groups is 1. The lowest BCUT2D eigenvalue weighted by Gasteiger charge is -2.19. The predicted molar refractivity (Wildman–Crippen MR) is 83.5 cm³/mol. The average molecular weight is 293 g/mol. The maximum Gasteiger partial charge on any atom is 0.169 e. The first-order valence-electron chi connectivity index (χ1n) is 6.20. The molecule has 0 radical (unpaired) electrons. The summed E-state index contributed by atoms with van der Waals surface area (Å²) in [5.74, 6) is 0.0597. The third-order valence-corrected chi connectivity index (χ3v) is 4.74. The van der Waals surface area contributed by atoms with Gasteiger partial charge in [0.1, 0.15) is 0 Å². The Hall–Kier alpha value is -1.12. The van der Waals surface area contributed by atoms with Crippen LogP contribution in [0.3, 0.4) is 0 Å². The number of ketones is 1. The number of Topliss-reactive ketones (excluding diaryl/α,β-unsaturated/α-hetero) is 1. The van der Waals surface area contributed by atoms with Crippen LogP contribution in [0.2, 0.25) is 5.02 Å². The lowest BCUT2D eigenvalue weighted by Crippen LogP contribution is -2.10. The van der Waals surface area contributed by atoms with Crippen molar-refractivity contribution in [3.05, 3.63) is 45.8 Å². The summed E-state index contributed by atoms with van der Waals surface area (Å²) in [5.41, 5.74) is 2.49. The third kappa shape index (κ3) is 3.07. The molecule has 0 saturated carbocycles. The Bertz CT molecular complexity index is 603. The molecule has 1 aromatic carbocycles. The van der Waals surface area contributed by atoms with Crippen molar-refractivity contribution in [3.63, 3.8) is 0 Å². The molecule has 1 nitrogen and oxygen atoms in total. The summed E-state index contributed by atoms with van der Waals surface area (Å²) in [6, 6.07) is 10.1. The highest BCUT2D eigenvalue weighted by Gasteiger charge is 2.15. The van der Waals surface area contributed by atoms with Crippen molar-refractivity contribution in [2.24, 2.45) is 0 Å². The Morgan fingerprint density at radius 2 is 1.74 bits per heavy atom. The number of benzene rings is 1. The van der Waals surface area contributed by atoms with E-state index in [4.69, 9.17) is 11.6 Å². The SMILES string of the molecule is CC(=O)c1cc(Cl)c(-c2ccc(C(C)(C)C)cc2)s1. The second-order valence-corrected chi connectivity index (χ2v) is 7.13. The quantitative estimate of drug-likeness (QED) is 0.661. The van der Waals surface area contributed by atoms with Crippen molar-refractivity contribution >= 4 is 28.7 Å². The molecule has 100 valence electrons. The lowest BCUT2D eigenvalue weighted by molar-refractivity contribution is 0.102. The van der Waals surface area contributed by atoms with E-state index in [0.29, 0.717) is 9.90 Å². The average Bonchev–Trinajstić information content (AvgIpc) is 2.70. The maximum absolute atomic E-state index is 11.4.